The number of para-hydroxylation sites is 2. The van der Waals surface area contributed by atoms with Crippen LogP contribution >= 0.6 is 0 Å². The third-order valence-electron chi connectivity index (χ3n) is 3.56. The van der Waals surface area contributed by atoms with Gasteiger partial charge in [0.15, 0.2) is 17.3 Å². The molecule has 2 aromatic carbocycles. The van der Waals surface area contributed by atoms with Crippen LogP contribution in [0, 0.1) is 11.3 Å². The highest BCUT2D eigenvalue weighted by atomic mass is 16.6. The number of ether oxygens (including phenoxy) is 2. The van der Waals surface area contributed by atoms with E-state index in [4.69, 9.17) is 9.47 Å². The molecule has 2 heterocycles. The molecule has 0 aliphatic carbocycles. The van der Waals surface area contributed by atoms with Gasteiger partial charge in [-0.05, 0) is 24.3 Å². The Labute approximate surface area is 137 Å². The molecule has 0 saturated carbocycles. The maximum Gasteiger partial charge on any atom is 0.203 e. The Balaban J connectivity index is 1.60. The van der Waals surface area contributed by atoms with E-state index in [2.05, 4.69) is 20.5 Å². The third kappa shape index (κ3) is 2.61. The van der Waals surface area contributed by atoms with Gasteiger partial charge < -0.3 is 14.5 Å². The van der Waals surface area contributed by atoms with E-state index in [0.29, 0.717) is 36.2 Å². The molecule has 7 nitrogen and oxygen atoms in total. The minimum atomic E-state index is 0.168. The maximum atomic E-state index is 9.35. The first-order chi connectivity index (χ1) is 11.8. The van der Waals surface area contributed by atoms with Crippen LogP contribution in [0.2, 0.25) is 0 Å². The Morgan fingerprint density at radius 3 is 2.83 bits per heavy atom. The number of fused-ring (bicyclic) bond motifs is 2. The molecule has 0 atom stereocenters. The second kappa shape index (κ2) is 5.93. The first-order valence-electron chi connectivity index (χ1n) is 7.42. The Hall–Kier alpha value is -3.53. The highest BCUT2D eigenvalue weighted by molar-refractivity contribution is 6.10. The van der Waals surface area contributed by atoms with Crippen LogP contribution in [0.25, 0.3) is 11.0 Å². The van der Waals surface area contributed by atoms with E-state index >= 15 is 0 Å². The molecule has 0 spiro atoms. The molecule has 2 N–H and O–H groups in total. The number of hydrazone groups is 1. The molecule has 0 unspecified atom stereocenters. The second-order valence-electron chi connectivity index (χ2n) is 5.15. The molecular formula is C17H13N5O2. The number of anilines is 1. The first-order valence-corrected chi connectivity index (χ1v) is 7.42. The molecule has 4 rings (SSSR count). The summed E-state index contributed by atoms with van der Waals surface area (Å²) < 4.78 is 11.0. The summed E-state index contributed by atoms with van der Waals surface area (Å²) in [5.74, 6) is 1.78. The van der Waals surface area contributed by atoms with Crippen molar-refractivity contribution >= 4 is 22.4 Å². The molecular weight excluding hydrogens is 306 g/mol. The zero-order valence-corrected chi connectivity index (χ0v) is 12.6. The zero-order chi connectivity index (χ0) is 16.4. The Kier molecular flexibility index (Phi) is 3.48. The molecule has 0 amide bonds. The van der Waals surface area contributed by atoms with Crippen LogP contribution in [-0.4, -0.2) is 28.9 Å². The predicted octanol–water partition coefficient (Wildman–Crippen LogP) is 2.67. The Morgan fingerprint density at radius 1 is 1.17 bits per heavy atom. The van der Waals surface area contributed by atoms with Gasteiger partial charge in [-0.1, -0.05) is 12.1 Å². The summed E-state index contributed by atoms with van der Waals surface area (Å²) in [7, 11) is 0. The fraction of sp³-hybridized carbons (Fsp3) is 0.118. The van der Waals surface area contributed by atoms with Gasteiger partial charge in [0.05, 0.1) is 16.7 Å². The zero-order valence-electron chi connectivity index (χ0n) is 12.6. The lowest BCUT2D eigenvalue weighted by molar-refractivity contribution is 0.171. The summed E-state index contributed by atoms with van der Waals surface area (Å²) >= 11 is 0. The summed E-state index contributed by atoms with van der Waals surface area (Å²) in [5.41, 5.74) is 5.37. The Bertz CT molecular complexity index is 938. The van der Waals surface area contributed by atoms with E-state index < -0.39 is 0 Å². The van der Waals surface area contributed by atoms with Crippen molar-refractivity contribution in [2.24, 2.45) is 5.10 Å². The van der Waals surface area contributed by atoms with Crippen LogP contribution in [0.1, 0.15) is 5.82 Å². The second-order valence-corrected chi connectivity index (χ2v) is 5.15. The lowest BCUT2D eigenvalue weighted by Crippen LogP contribution is -2.15. The fourth-order valence-electron chi connectivity index (χ4n) is 2.43. The lowest BCUT2D eigenvalue weighted by atomic mass is 10.2. The van der Waals surface area contributed by atoms with E-state index in [0.717, 1.165) is 11.0 Å². The number of nitrogens with one attached hydrogen (secondary N) is 2. The van der Waals surface area contributed by atoms with Gasteiger partial charge in [0.1, 0.15) is 19.3 Å². The molecule has 1 aliphatic rings. The van der Waals surface area contributed by atoms with Crippen molar-refractivity contribution < 1.29 is 9.47 Å². The minimum Gasteiger partial charge on any atom is -0.486 e. The average molecular weight is 319 g/mol. The first kappa shape index (κ1) is 14.1. The number of nitrogens with zero attached hydrogens (tertiary/aromatic N) is 3. The van der Waals surface area contributed by atoms with E-state index in [9.17, 15) is 5.26 Å². The molecule has 3 aromatic rings. The Morgan fingerprint density at radius 2 is 2.00 bits per heavy atom. The van der Waals surface area contributed by atoms with Gasteiger partial charge in [0.2, 0.25) is 5.71 Å². The SMILES string of the molecule is N#C/C(=N/Nc1ccc2c(c1)OCCO2)c1nc2ccccc2[nH]1. The van der Waals surface area contributed by atoms with E-state index in [-0.39, 0.29) is 5.71 Å². The predicted molar refractivity (Wildman–Crippen MR) is 89.3 cm³/mol. The number of hydrogen-bond donors (Lipinski definition) is 2. The summed E-state index contributed by atoms with van der Waals surface area (Å²) in [6.45, 7) is 1.06. The number of imidazole rings is 1. The normalized spacial score (nSPS) is 13.5. The number of aromatic nitrogens is 2. The number of nitriles is 1. The van der Waals surface area contributed by atoms with Crippen molar-refractivity contribution in [3.05, 3.63) is 48.3 Å². The molecule has 118 valence electrons. The highest BCUT2D eigenvalue weighted by Crippen LogP contribution is 2.32. The van der Waals surface area contributed by atoms with Gasteiger partial charge in [-0.3, -0.25) is 5.43 Å². The van der Waals surface area contributed by atoms with E-state index in [1.807, 2.05) is 36.4 Å². The standard InChI is InChI=1S/C17H13N5O2/c18-10-14(17-19-12-3-1-2-4-13(12)20-17)22-21-11-5-6-15-16(9-11)24-8-7-23-15/h1-6,9,21H,7-8H2,(H,19,20)/b22-14-. The van der Waals surface area contributed by atoms with Crippen molar-refractivity contribution in [2.75, 3.05) is 18.6 Å². The smallest absolute Gasteiger partial charge is 0.203 e. The van der Waals surface area contributed by atoms with E-state index in [1.165, 1.54) is 0 Å². The average Bonchev–Trinajstić information content (AvgIpc) is 3.06. The molecule has 0 radical (unpaired) electrons. The van der Waals surface area contributed by atoms with E-state index in [1.54, 1.807) is 12.1 Å². The largest absolute Gasteiger partial charge is 0.486 e. The van der Waals surface area contributed by atoms with Crippen LogP contribution in [0.5, 0.6) is 11.5 Å². The molecule has 0 bridgehead atoms. The van der Waals surface area contributed by atoms with Crippen LogP contribution in [-0.2, 0) is 0 Å². The van der Waals surface area contributed by atoms with Crippen molar-refractivity contribution in [3.63, 3.8) is 0 Å². The van der Waals surface area contributed by atoms with Crippen LogP contribution < -0.4 is 14.9 Å². The van der Waals surface area contributed by atoms with Gasteiger partial charge >= 0.3 is 0 Å². The number of hydrogen-bond acceptors (Lipinski definition) is 6. The summed E-state index contributed by atoms with van der Waals surface area (Å²) in [4.78, 5) is 7.46. The molecule has 0 saturated heterocycles. The number of H-pyrrole nitrogens is 1. The highest BCUT2D eigenvalue weighted by Gasteiger charge is 2.12. The van der Waals surface area contributed by atoms with Gasteiger partial charge in [-0.25, -0.2) is 4.98 Å². The van der Waals surface area contributed by atoms with Crippen LogP contribution in [0.4, 0.5) is 5.69 Å². The monoisotopic (exact) mass is 319 g/mol. The summed E-state index contributed by atoms with van der Waals surface area (Å²) in [6, 6.07) is 15.0. The van der Waals surface area contributed by atoms with Crippen LogP contribution in [0.15, 0.2) is 47.6 Å². The third-order valence-corrected chi connectivity index (χ3v) is 3.56. The quantitative estimate of drug-likeness (QED) is 0.571. The van der Waals surface area contributed by atoms with Crippen molar-refractivity contribution in [1.29, 1.82) is 5.26 Å². The molecule has 1 aliphatic heterocycles. The fourth-order valence-corrected chi connectivity index (χ4v) is 2.43. The summed E-state index contributed by atoms with van der Waals surface area (Å²) in [6.07, 6.45) is 0. The van der Waals surface area contributed by atoms with Gasteiger partial charge in [-0.2, -0.15) is 10.4 Å². The number of benzene rings is 2. The lowest BCUT2D eigenvalue weighted by Gasteiger charge is -2.18. The molecule has 0 fully saturated rings. The van der Waals surface area contributed by atoms with Crippen molar-refractivity contribution in [2.45, 2.75) is 0 Å². The number of rotatable bonds is 3. The van der Waals surface area contributed by atoms with Gasteiger partial charge in [-0.15, -0.1) is 0 Å². The van der Waals surface area contributed by atoms with Crippen molar-refractivity contribution in [3.8, 4) is 17.6 Å². The molecule has 7 heteroatoms. The van der Waals surface area contributed by atoms with Gasteiger partial charge in [0, 0.05) is 6.07 Å². The van der Waals surface area contributed by atoms with Gasteiger partial charge in [0.25, 0.3) is 0 Å². The van der Waals surface area contributed by atoms with Crippen LogP contribution in [0.3, 0.4) is 0 Å². The topological polar surface area (TPSA) is 95.3 Å². The molecule has 24 heavy (non-hydrogen) atoms. The molecule has 1 aromatic heterocycles. The minimum absolute atomic E-state index is 0.168. The number of aromatic amines is 1. The summed E-state index contributed by atoms with van der Waals surface area (Å²) in [5, 5.41) is 13.5. The maximum absolute atomic E-state index is 9.35. The van der Waals surface area contributed by atoms with Crippen molar-refractivity contribution in [1.82, 2.24) is 9.97 Å².